The highest BCUT2D eigenvalue weighted by Crippen LogP contribution is 2.18. The van der Waals surface area contributed by atoms with E-state index in [1.54, 1.807) is 45.2 Å². The number of ether oxygens (including phenoxy) is 1. The Hall–Kier alpha value is -1.55. The number of aliphatic hydroxyl groups excluding tert-OH is 1. The number of carbonyl (C=O) groups is 1. The van der Waals surface area contributed by atoms with Crippen molar-refractivity contribution in [1.82, 2.24) is 5.32 Å². The van der Waals surface area contributed by atoms with Gasteiger partial charge >= 0.3 is 0 Å². The second-order valence-corrected chi connectivity index (χ2v) is 3.62. The van der Waals surface area contributed by atoms with Crippen molar-refractivity contribution in [1.29, 1.82) is 0 Å². The molecule has 0 aliphatic carbocycles. The molecule has 0 heterocycles. The van der Waals surface area contributed by atoms with Gasteiger partial charge in [-0.25, -0.2) is 0 Å². The molecular formula is C12H17NO3. The van der Waals surface area contributed by atoms with Gasteiger partial charge in [-0.05, 0) is 31.5 Å². The molecule has 1 aromatic carbocycles. The summed E-state index contributed by atoms with van der Waals surface area (Å²) in [6.45, 7) is 3.38. The van der Waals surface area contributed by atoms with Crippen molar-refractivity contribution in [3.8, 4) is 5.75 Å². The van der Waals surface area contributed by atoms with Crippen molar-refractivity contribution in [2.75, 3.05) is 7.05 Å². The molecule has 2 N–H and O–H groups in total. The number of aliphatic hydroxyl groups is 1. The van der Waals surface area contributed by atoms with E-state index in [0.717, 1.165) is 5.56 Å². The number of carbonyl (C=O) groups excluding carboxylic acids is 1. The van der Waals surface area contributed by atoms with E-state index < -0.39 is 12.2 Å². The molecule has 88 valence electrons. The van der Waals surface area contributed by atoms with Crippen LogP contribution in [0.1, 0.15) is 25.5 Å². The van der Waals surface area contributed by atoms with Gasteiger partial charge in [0.25, 0.3) is 5.91 Å². The van der Waals surface area contributed by atoms with Gasteiger partial charge in [0.1, 0.15) is 5.75 Å². The summed E-state index contributed by atoms with van der Waals surface area (Å²) in [6, 6.07) is 7.02. The summed E-state index contributed by atoms with van der Waals surface area (Å²) in [5.41, 5.74) is 0.819. The van der Waals surface area contributed by atoms with Crippen LogP contribution in [0, 0.1) is 0 Å². The van der Waals surface area contributed by atoms with Gasteiger partial charge in [-0.1, -0.05) is 12.1 Å². The molecule has 0 aliphatic heterocycles. The molecule has 0 saturated carbocycles. The van der Waals surface area contributed by atoms with Crippen molar-refractivity contribution >= 4 is 5.91 Å². The molecule has 0 bridgehead atoms. The van der Waals surface area contributed by atoms with Gasteiger partial charge in [0.05, 0.1) is 6.10 Å². The quantitative estimate of drug-likeness (QED) is 0.807. The highest BCUT2D eigenvalue weighted by atomic mass is 16.5. The molecule has 4 nitrogen and oxygen atoms in total. The average Bonchev–Trinajstić information content (AvgIpc) is 2.28. The summed E-state index contributed by atoms with van der Waals surface area (Å²) in [5.74, 6) is 0.445. The van der Waals surface area contributed by atoms with Crippen LogP contribution < -0.4 is 10.1 Å². The van der Waals surface area contributed by atoms with Crippen LogP contribution in [0.5, 0.6) is 5.75 Å². The van der Waals surface area contributed by atoms with E-state index in [0.29, 0.717) is 5.75 Å². The standard InChI is InChI=1S/C12H17NO3/c1-8(14)10-4-6-11(7-5-10)16-9(2)12(15)13-3/h4-9,14H,1-3H3,(H,13,15)/t8-,9?/m1/s1. The summed E-state index contributed by atoms with van der Waals surface area (Å²) in [5, 5.41) is 11.8. The van der Waals surface area contributed by atoms with E-state index in [2.05, 4.69) is 5.32 Å². The van der Waals surface area contributed by atoms with E-state index in [1.807, 2.05) is 0 Å². The third-order valence-electron chi connectivity index (χ3n) is 2.29. The van der Waals surface area contributed by atoms with Gasteiger partial charge < -0.3 is 15.2 Å². The highest BCUT2D eigenvalue weighted by Gasteiger charge is 2.12. The molecule has 2 atom stereocenters. The van der Waals surface area contributed by atoms with E-state index in [9.17, 15) is 9.90 Å². The predicted molar refractivity (Wildman–Crippen MR) is 61.2 cm³/mol. The smallest absolute Gasteiger partial charge is 0.260 e. The van der Waals surface area contributed by atoms with Gasteiger partial charge in [0.2, 0.25) is 0 Å². The fourth-order valence-corrected chi connectivity index (χ4v) is 1.29. The van der Waals surface area contributed by atoms with Crippen molar-refractivity contribution in [2.45, 2.75) is 26.1 Å². The van der Waals surface area contributed by atoms with Crippen LogP contribution in [0.2, 0.25) is 0 Å². The lowest BCUT2D eigenvalue weighted by molar-refractivity contribution is -0.126. The number of likely N-dealkylation sites (N-methyl/N-ethyl adjacent to an activating group) is 1. The fraction of sp³-hybridized carbons (Fsp3) is 0.417. The van der Waals surface area contributed by atoms with Crippen LogP contribution >= 0.6 is 0 Å². The number of benzene rings is 1. The van der Waals surface area contributed by atoms with Gasteiger partial charge in [-0.2, -0.15) is 0 Å². The Kier molecular flexibility index (Phi) is 4.31. The van der Waals surface area contributed by atoms with Crippen molar-refractivity contribution in [3.05, 3.63) is 29.8 Å². The number of nitrogens with one attached hydrogen (secondary N) is 1. The maximum atomic E-state index is 11.2. The molecule has 0 aromatic heterocycles. The minimum absolute atomic E-state index is 0.167. The first-order valence-electron chi connectivity index (χ1n) is 5.21. The molecule has 0 fully saturated rings. The Morgan fingerprint density at radius 1 is 1.31 bits per heavy atom. The van der Waals surface area contributed by atoms with Crippen molar-refractivity contribution < 1.29 is 14.6 Å². The lowest BCUT2D eigenvalue weighted by Gasteiger charge is -2.13. The highest BCUT2D eigenvalue weighted by molar-refractivity contribution is 5.80. The lowest BCUT2D eigenvalue weighted by atomic mass is 10.1. The number of rotatable bonds is 4. The lowest BCUT2D eigenvalue weighted by Crippen LogP contribution is -2.33. The van der Waals surface area contributed by atoms with Crippen LogP contribution in [-0.2, 0) is 4.79 Å². The maximum Gasteiger partial charge on any atom is 0.260 e. The zero-order valence-corrected chi connectivity index (χ0v) is 9.73. The topological polar surface area (TPSA) is 58.6 Å². The summed E-state index contributed by atoms with van der Waals surface area (Å²) in [4.78, 5) is 11.2. The van der Waals surface area contributed by atoms with Crippen LogP contribution in [0.3, 0.4) is 0 Å². The van der Waals surface area contributed by atoms with Gasteiger partial charge in [-0.3, -0.25) is 4.79 Å². The number of amides is 1. The number of hydrogen-bond acceptors (Lipinski definition) is 3. The molecule has 0 radical (unpaired) electrons. The summed E-state index contributed by atoms with van der Waals surface area (Å²) >= 11 is 0. The molecule has 16 heavy (non-hydrogen) atoms. The van der Waals surface area contributed by atoms with Crippen LogP contribution in [0.15, 0.2) is 24.3 Å². The van der Waals surface area contributed by atoms with Crippen molar-refractivity contribution in [2.24, 2.45) is 0 Å². The molecule has 0 saturated heterocycles. The molecule has 1 unspecified atom stereocenters. The molecule has 1 aromatic rings. The minimum Gasteiger partial charge on any atom is -0.481 e. The maximum absolute atomic E-state index is 11.2. The zero-order valence-electron chi connectivity index (χ0n) is 9.73. The van der Waals surface area contributed by atoms with Crippen LogP contribution in [0.4, 0.5) is 0 Å². The molecule has 0 aliphatic rings. The van der Waals surface area contributed by atoms with Gasteiger partial charge in [0.15, 0.2) is 6.10 Å². The molecular weight excluding hydrogens is 206 g/mol. The molecule has 0 spiro atoms. The van der Waals surface area contributed by atoms with Crippen LogP contribution in [0.25, 0.3) is 0 Å². The summed E-state index contributed by atoms with van der Waals surface area (Å²) in [7, 11) is 1.57. The fourth-order valence-electron chi connectivity index (χ4n) is 1.29. The van der Waals surface area contributed by atoms with E-state index in [-0.39, 0.29) is 5.91 Å². The van der Waals surface area contributed by atoms with E-state index in [1.165, 1.54) is 0 Å². The summed E-state index contributed by atoms with van der Waals surface area (Å²) in [6.07, 6.45) is -1.02. The van der Waals surface area contributed by atoms with E-state index >= 15 is 0 Å². The normalized spacial score (nSPS) is 14.0. The first kappa shape index (κ1) is 12.5. The SMILES string of the molecule is CNC(=O)C(C)Oc1ccc([C@@H](C)O)cc1. The first-order valence-corrected chi connectivity index (χ1v) is 5.21. The largest absolute Gasteiger partial charge is 0.481 e. The summed E-state index contributed by atoms with van der Waals surface area (Å²) < 4.78 is 5.41. The Morgan fingerprint density at radius 3 is 2.31 bits per heavy atom. The molecule has 1 amide bonds. The monoisotopic (exact) mass is 223 g/mol. The van der Waals surface area contributed by atoms with Crippen LogP contribution in [-0.4, -0.2) is 24.2 Å². The van der Waals surface area contributed by atoms with Crippen molar-refractivity contribution in [3.63, 3.8) is 0 Å². The molecule has 1 rings (SSSR count). The zero-order chi connectivity index (χ0) is 12.1. The van der Waals surface area contributed by atoms with Gasteiger partial charge in [-0.15, -0.1) is 0 Å². The Labute approximate surface area is 95.2 Å². The number of hydrogen-bond donors (Lipinski definition) is 2. The molecule has 4 heteroatoms. The van der Waals surface area contributed by atoms with Gasteiger partial charge in [0, 0.05) is 7.05 Å². The Morgan fingerprint density at radius 2 is 1.88 bits per heavy atom. The second-order valence-electron chi connectivity index (χ2n) is 3.62. The third-order valence-corrected chi connectivity index (χ3v) is 2.29. The van der Waals surface area contributed by atoms with E-state index in [4.69, 9.17) is 4.74 Å². The Bertz CT molecular complexity index is 346. The average molecular weight is 223 g/mol. The first-order chi connectivity index (χ1) is 7.54. The Balaban J connectivity index is 2.65. The minimum atomic E-state index is -0.526. The second kappa shape index (κ2) is 5.51. The predicted octanol–water partition coefficient (Wildman–Crippen LogP) is 1.25. The third kappa shape index (κ3) is 3.24.